The molecule has 0 radical (unpaired) electrons. The van der Waals surface area contributed by atoms with Crippen LogP contribution in [-0.4, -0.2) is 41.0 Å². The highest BCUT2D eigenvalue weighted by Gasteiger charge is 2.26. The average Bonchev–Trinajstić information content (AvgIpc) is 3.15. The summed E-state index contributed by atoms with van der Waals surface area (Å²) >= 11 is 0. The number of methoxy groups -OCH3 is 1. The quantitative estimate of drug-likeness (QED) is 0.782. The smallest absolute Gasteiger partial charge is 0.257 e. The van der Waals surface area contributed by atoms with E-state index in [4.69, 9.17) is 4.74 Å². The largest absolute Gasteiger partial charge is 0.496 e. The molecule has 1 amide bonds. The lowest BCUT2D eigenvalue weighted by Gasteiger charge is -2.33. The number of para-hydroxylation sites is 1. The van der Waals surface area contributed by atoms with Crippen LogP contribution in [0.1, 0.15) is 28.8 Å². The van der Waals surface area contributed by atoms with Gasteiger partial charge < -0.3 is 14.6 Å². The lowest BCUT2D eigenvalue weighted by molar-refractivity contribution is 0.0670. The number of benzene rings is 1. The number of pyridine rings is 1. The number of rotatable bonds is 4. The summed E-state index contributed by atoms with van der Waals surface area (Å²) in [5.41, 5.74) is 2.80. The minimum Gasteiger partial charge on any atom is -0.496 e. The number of piperidine rings is 1. The number of nitrogens with zero attached hydrogens (tertiary/aromatic N) is 2. The molecule has 26 heavy (non-hydrogen) atoms. The van der Waals surface area contributed by atoms with Gasteiger partial charge in [-0.1, -0.05) is 12.1 Å². The molecule has 5 nitrogen and oxygen atoms in total. The molecule has 3 heterocycles. The number of nitrogens with one attached hydrogen (secondary N) is 1. The second-order valence-electron chi connectivity index (χ2n) is 6.92. The summed E-state index contributed by atoms with van der Waals surface area (Å²) in [6.45, 7) is 1.59. The Bertz CT molecular complexity index is 918. The highest BCUT2D eigenvalue weighted by Crippen LogP contribution is 2.26. The van der Waals surface area contributed by atoms with Gasteiger partial charge >= 0.3 is 0 Å². The second-order valence-corrected chi connectivity index (χ2v) is 6.92. The third kappa shape index (κ3) is 3.29. The first kappa shape index (κ1) is 16.6. The summed E-state index contributed by atoms with van der Waals surface area (Å²) in [7, 11) is 1.61. The van der Waals surface area contributed by atoms with Crippen molar-refractivity contribution in [2.24, 2.45) is 5.92 Å². The number of hydrogen-bond acceptors (Lipinski definition) is 3. The van der Waals surface area contributed by atoms with E-state index in [0.29, 0.717) is 17.2 Å². The molecule has 2 aromatic heterocycles. The van der Waals surface area contributed by atoms with Crippen molar-refractivity contribution < 1.29 is 9.53 Å². The molecule has 0 saturated carbocycles. The summed E-state index contributed by atoms with van der Waals surface area (Å²) in [6.07, 6.45) is 6.98. The van der Waals surface area contributed by atoms with E-state index < -0.39 is 0 Å². The summed E-state index contributed by atoms with van der Waals surface area (Å²) < 4.78 is 5.35. The van der Waals surface area contributed by atoms with E-state index in [2.05, 4.69) is 16.0 Å². The first-order valence-electron chi connectivity index (χ1n) is 9.09. The van der Waals surface area contributed by atoms with Crippen molar-refractivity contribution in [3.8, 4) is 5.75 Å². The molecule has 1 aliphatic heterocycles. The van der Waals surface area contributed by atoms with Crippen LogP contribution in [0.5, 0.6) is 5.75 Å². The van der Waals surface area contributed by atoms with E-state index in [-0.39, 0.29) is 5.91 Å². The molecular weight excluding hydrogens is 326 g/mol. The van der Waals surface area contributed by atoms with E-state index in [1.807, 2.05) is 47.6 Å². The standard InChI is InChI=1S/C21H23N3O2/c1-26-19-7-3-2-6-18(19)21(25)24-10-4-5-15(14-24)11-16-12-17-8-9-22-20(17)23-13-16/h2-3,6-9,12-13,15H,4-5,10-11,14H2,1H3,(H,22,23). The van der Waals surface area contributed by atoms with Crippen molar-refractivity contribution in [2.45, 2.75) is 19.3 Å². The number of carbonyl (C=O) groups excluding carboxylic acids is 1. The van der Waals surface area contributed by atoms with Gasteiger partial charge in [-0.3, -0.25) is 4.79 Å². The first-order chi connectivity index (χ1) is 12.7. The third-order valence-electron chi connectivity index (χ3n) is 5.12. The van der Waals surface area contributed by atoms with E-state index in [9.17, 15) is 4.79 Å². The maximum Gasteiger partial charge on any atom is 0.257 e. The molecule has 1 fully saturated rings. The summed E-state index contributed by atoms with van der Waals surface area (Å²) in [5, 5.41) is 1.14. The number of carbonyl (C=O) groups is 1. The number of aromatic nitrogens is 2. The lowest BCUT2D eigenvalue weighted by Crippen LogP contribution is -2.40. The number of fused-ring (bicyclic) bond motifs is 1. The van der Waals surface area contributed by atoms with Gasteiger partial charge in [0.05, 0.1) is 12.7 Å². The van der Waals surface area contributed by atoms with Gasteiger partial charge in [-0.2, -0.15) is 0 Å². The minimum atomic E-state index is 0.0614. The fourth-order valence-corrected chi connectivity index (χ4v) is 3.84. The fourth-order valence-electron chi connectivity index (χ4n) is 3.84. The Morgan fingerprint density at radius 2 is 2.23 bits per heavy atom. The summed E-state index contributed by atoms with van der Waals surface area (Å²) in [4.78, 5) is 22.5. The summed E-state index contributed by atoms with van der Waals surface area (Å²) in [5.74, 6) is 1.16. The molecule has 0 bridgehead atoms. The van der Waals surface area contributed by atoms with Crippen LogP contribution in [-0.2, 0) is 6.42 Å². The van der Waals surface area contributed by atoms with Gasteiger partial charge in [-0.15, -0.1) is 0 Å². The van der Waals surface area contributed by atoms with Gasteiger partial charge in [0.25, 0.3) is 5.91 Å². The van der Waals surface area contributed by atoms with Gasteiger partial charge in [0, 0.05) is 30.9 Å². The van der Waals surface area contributed by atoms with Crippen molar-refractivity contribution in [1.29, 1.82) is 0 Å². The first-order valence-corrected chi connectivity index (χ1v) is 9.09. The van der Waals surface area contributed by atoms with Crippen LogP contribution in [0.3, 0.4) is 0 Å². The van der Waals surface area contributed by atoms with Crippen molar-refractivity contribution in [2.75, 3.05) is 20.2 Å². The molecule has 1 saturated heterocycles. The molecule has 1 aliphatic rings. The average molecular weight is 349 g/mol. The Morgan fingerprint density at radius 3 is 3.12 bits per heavy atom. The van der Waals surface area contributed by atoms with Crippen LogP contribution < -0.4 is 4.74 Å². The Hall–Kier alpha value is -2.82. The van der Waals surface area contributed by atoms with Crippen molar-refractivity contribution in [3.05, 3.63) is 59.9 Å². The predicted octanol–water partition coefficient (Wildman–Crippen LogP) is 3.67. The zero-order valence-corrected chi connectivity index (χ0v) is 14.9. The number of H-pyrrole nitrogens is 1. The highest BCUT2D eigenvalue weighted by atomic mass is 16.5. The van der Waals surface area contributed by atoms with Gasteiger partial charge in [0.15, 0.2) is 0 Å². The van der Waals surface area contributed by atoms with Gasteiger partial charge in [0.1, 0.15) is 11.4 Å². The monoisotopic (exact) mass is 349 g/mol. The summed E-state index contributed by atoms with van der Waals surface area (Å²) in [6, 6.07) is 11.7. The van der Waals surface area contributed by atoms with Gasteiger partial charge in [-0.05, 0) is 55.0 Å². The van der Waals surface area contributed by atoms with Crippen molar-refractivity contribution in [3.63, 3.8) is 0 Å². The minimum absolute atomic E-state index is 0.0614. The second kappa shape index (κ2) is 7.20. The molecule has 3 aromatic rings. The molecule has 1 unspecified atom stereocenters. The maximum absolute atomic E-state index is 12.9. The molecule has 134 valence electrons. The van der Waals surface area contributed by atoms with Crippen molar-refractivity contribution >= 4 is 16.9 Å². The van der Waals surface area contributed by atoms with E-state index >= 15 is 0 Å². The van der Waals surface area contributed by atoms with Crippen LogP contribution in [0.4, 0.5) is 0 Å². The Labute approximate surface area is 153 Å². The lowest BCUT2D eigenvalue weighted by atomic mass is 9.91. The van der Waals surface area contributed by atoms with Crippen LogP contribution in [0.2, 0.25) is 0 Å². The van der Waals surface area contributed by atoms with Crippen LogP contribution >= 0.6 is 0 Å². The SMILES string of the molecule is COc1ccccc1C(=O)N1CCCC(Cc2cnc3[nH]ccc3c2)C1. The molecule has 4 rings (SSSR count). The van der Waals surface area contributed by atoms with E-state index in [1.165, 1.54) is 5.56 Å². The fraction of sp³-hybridized carbons (Fsp3) is 0.333. The molecule has 5 heteroatoms. The van der Waals surface area contributed by atoms with Crippen LogP contribution in [0, 0.1) is 5.92 Å². The predicted molar refractivity (Wildman–Crippen MR) is 101 cm³/mol. The Kier molecular flexibility index (Phi) is 4.61. The normalized spacial score (nSPS) is 17.4. The molecule has 0 spiro atoms. The van der Waals surface area contributed by atoms with Gasteiger partial charge in [-0.25, -0.2) is 4.98 Å². The molecule has 1 atom stereocenters. The molecular formula is C21H23N3O2. The number of hydrogen-bond donors (Lipinski definition) is 1. The number of amides is 1. The Morgan fingerprint density at radius 1 is 1.35 bits per heavy atom. The van der Waals surface area contributed by atoms with E-state index in [1.54, 1.807) is 7.11 Å². The maximum atomic E-state index is 12.9. The number of likely N-dealkylation sites (tertiary alicyclic amines) is 1. The molecule has 1 N–H and O–H groups in total. The van der Waals surface area contributed by atoms with Gasteiger partial charge in [0.2, 0.25) is 0 Å². The number of aromatic amines is 1. The Balaban J connectivity index is 1.47. The highest BCUT2D eigenvalue weighted by molar-refractivity contribution is 5.97. The van der Waals surface area contributed by atoms with E-state index in [0.717, 1.165) is 43.4 Å². The van der Waals surface area contributed by atoms with Crippen molar-refractivity contribution in [1.82, 2.24) is 14.9 Å². The van der Waals surface area contributed by atoms with Crippen LogP contribution in [0.15, 0.2) is 48.8 Å². The third-order valence-corrected chi connectivity index (χ3v) is 5.12. The van der Waals surface area contributed by atoms with Crippen LogP contribution in [0.25, 0.3) is 11.0 Å². The number of ether oxygens (including phenoxy) is 1. The molecule has 1 aromatic carbocycles. The molecule has 0 aliphatic carbocycles. The zero-order chi connectivity index (χ0) is 17.9. The zero-order valence-electron chi connectivity index (χ0n) is 14.9. The topological polar surface area (TPSA) is 58.2 Å².